The Kier molecular flexibility index (Phi) is 5.62. The van der Waals surface area contributed by atoms with Crippen molar-refractivity contribution in [3.8, 4) is 0 Å². The van der Waals surface area contributed by atoms with Gasteiger partial charge in [0.2, 0.25) is 0 Å². The Morgan fingerprint density at radius 3 is 2.05 bits per heavy atom. The molecular weight excluding hydrogens is 350 g/mol. The molecule has 122 valence electrons. The van der Waals surface area contributed by atoms with Gasteiger partial charge in [-0.05, 0) is 38.5 Å². The fourth-order valence-corrected chi connectivity index (χ4v) is 2.29. The van der Waals surface area contributed by atoms with Gasteiger partial charge >= 0.3 is 12.1 Å². The van der Waals surface area contributed by atoms with Crippen molar-refractivity contribution in [3.05, 3.63) is 34.3 Å². The predicted molar refractivity (Wildman–Crippen MR) is 88.0 cm³/mol. The minimum Gasteiger partial charge on any atom is -0.480 e. The minimum absolute atomic E-state index is 0.686. The lowest BCUT2D eigenvalue weighted by Crippen LogP contribution is -2.53. The van der Waals surface area contributed by atoms with Crippen molar-refractivity contribution in [1.29, 1.82) is 0 Å². The van der Waals surface area contributed by atoms with Crippen LogP contribution >= 0.6 is 15.9 Å². The van der Waals surface area contributed by atoms with Crippen LogP contribution < -0.4 is 5.32 Å². The zero-order valence-corrected chi connectivity index (χ0v) is 15.0. The highest BCUT2D eigenvalue weighted by atomic mass is 79.9. The number of nitrogens with one attached hydrogen (secondary N) is 1. The number of hydrogen-bond acceptors (Lipinski definition) is 3. The quantitative estimate of drug-likeness (QED) is 0.845. The lowest BCUT2D eigenvalue weighted by atomic mass is 9.77. The van der Waals surface area contributed by atoms with E-state index in [2.05, 4.69) is 21.2 Å². The molecule has 5 nitrogen and oxygen atoms in total. The van der Waals surface area contributed by atoms with Crippen molar-refractivity contribution in [3.63, 3.8) is 0 Å². The van der Waals surface area contributed by atoms with E-state index in [-0.39, 0.29) is 0 Å². The summed E-state index contributed by atoms with van der Waals surface area (Å²) in [4.78, 5) is 23.5. The van der Waals surface area contributed by atoms with Crippen molar-refractivity contribution in [1.82, 2.24) is 5.32 Å². The highest BCUT2D eigenvalue weighted by Gasteiger charge is 2.38. The second kappa shape index (κ2) is 6.69. The molecule has 0 bridgehead atoms. The fraction of sp³-hybridized carbons (Fsp3) is 0.500. The molecule has 0 aliphatic carbocycles. The maximum absolute atomic E-state index is 11.9. The maximum Gasteiger partial charge on any atom is 0.408 e. The van der Waals surface area contributed by atoms with Gasteiger partial charge in [-0.15, -0.1) is 0 Å². The lowest BCUT2D eigenvalue weighted by molar-refractivity contribution is -0.141. The molecule has 0 spiro atoms. The molecule has 0 saturated carbocycles. The van der Waals surface area contributed by atoms with Gasteiger partial charge in [0.1, 0.15) is 11.6 Å². The van der Waals surface area contributed by atoms with Crippen molar-refractivity contribution in [2.24, 2.45) is 0 Å². The van der Waals surface area contributed by atoms with Crippen LogP contribution in [-0.2, 0) is 14.9 Å². The van der Waals surface area contributed by atoms with E-state index in [4.69, 9.17) is 4.74 Å². The first kappa shape index (κ1) is 18.5. The van der Waals surface area contributed by atoms with Gasteiger partial charge in [-0.2, -0.15) is 0 Å². The van der Waals surface area contributed by atoms with E-state index in [1.807, 2.05) is 24.3 Å². The standard InChI is InChI=1S/C16H22BrNO4/c1-15(2,3)22-14(21)18-12(13(19)20)16(4,5)10-6-8-11(17)9-7-10/h6-9,12H,1-5H3,(H,18,21)(H,19,20)/t12-/m1/s1. The summed E-state index contributed by atoms with van der Waals surface area (Å²) in [6, 6.07) is 6.23. The molecule has 0 aromatic heterocycles. The summed E-state index contributed by atoms with van der Waals surface area (Å²) < 4.78 is 6.05. The molecule has 0 saturated heterocycles. The first-order valence-corrected chi connectivity index (χ1v) is 7.71. The van der Waals surface area contributed by atoms with Crippen LogP contribution in [0.15, 0.2) is 28.7 Å². The van der Waals surface area contributed by atoms with Crippen molar-refractivity contribution >= 4 is 28.0 Å². The van der Waals surface area contributed by atoms with Crippen LogP contribution in [0.2, 0.25) is 0 Å². The molecule has 1 amide bonds. The molecule has 0 aliphatic heterocycles. The Hall–Kier alpha value is -1.56. The SMILES string of the molecule is CC(C)(C)OC(=O)N[C@H](C(=O)O)C(C)(C)c1ccc(Br)cc1. The number of benzene rings is 1. The lowest BCUT2D eigenvalue weighted by Gasteiger charge is -2.33. The van der Waals surface area contributed by atoms with Gasteiger partial charge in [0.05, 0.1) is 0 Å². The molecule has 1 atom stereocenters. The summed E-state index contributed by atoms with van der Waals surface area (Å²) in [5.41, 5.74) is -0.683. The molecule has 0 aliphatic rings. The summed E-state index contributed by atoms with van der Waals surface area (Å²) >= 11 is 3.35. The number of hydrogen-bond donors (Lipinski definition) is 2. The van der Waals surface area contributed by atoms with Crippen LogP contribution in [0.3, 0.4) is 0 Å². The Bertz CT molecular complexity index is 546. The Morgan fingerprint density at radius 1 is 1.14 bits per heavy atom. The average Bonchev–Trinajstić information content (AvgIpc) is 2.33. The Morgan fingerprint density at radius 2 is 1.64 bits per heavy atom. The Labute approximate surface area is 139 Å². The van der Waals surface area contributed by atoms with E-state index in [0.717, 1.165) is 10.0 Å². The van der Waals surface area contributed by atoms with Gasteiger partial charge in [-0.1, -0.05) is 41.9 Å². The fourth-order valence-electron chi connectivity index (χ4n) is 2.02. The number of ether oxygens (including phenoxy) is 1. The third kappa shape index (κ3) is 5.02. The van der Waals surface area contributed by atoms with E-state index in [0.29, 0.717) is 0 Å². The molecule has 0 unspecified atom stereocenters. The number of carbonyl (C=O) groups excluding carboxylic acids is 1. The molecule has 0 heterocycles. The first-order valence-electron chi connectivity index (χ1n) is 6.92. The van der Waals surface area contributed by atoms with Crippen molar-refractivity contribution in [2.75, 3.05) is 0 Å². The summed E-state index contributed by atoms with van der Waals surface area (Å²) in [6.45, 7) is 8.71. The molecule has 0 fully saturated rings. The number of carboxylic acids is 1. The summed E-state index contributed by atoms with van der Waals surface area (Å²) in [7, 11) is 0. The molecule has 2 N–H and O–H groups in total. The van der Waals surface area contributed by atoms with E-state index in [1.165, 1.54) is 0 Å². The monoisotopic (exact) mass is 371 g/mol. The number of aliphatic carboxylic acids is 1. The first-order chi connectivity index (χ1) is 9.93. The summed E-state index contributed by atoms with van der Waals surface area (Å²) in [6.07, 6.45) is -0.745. The molecular formula is C16H22BrNO4. The second-order valence-corrected chi connectivity index (χ2v) is 7.56. The third-order valence-corrected chi connectivity index (χ3v) is 3.75. The average molecular weight is 372 g/mol. The Balaban J connectivity index is 3.01. The topological polar surface area (TPSA) is 75.6 Å². The number of carboxylic acid groups (broad SMARTS) is 1. The van der Waals surface area contributed by atoms with E-state index < -0.39 is 29.1 Å². The van der Waals surface area contributed by atoms with Crippen LogP contribution in [0.4, 0.5) is 4.79 Å². The summed E-state index contributed by atoms with van der Waals surface area (Å²) in [5, 5.41) is 11.9. The third-order valence-electron chi connectivity index (χ3n) is 3.22. The summed E-state index contributed by atoms with van der Waals surface area (Å²) in [5.74, 6) is -1.11. The molecule has 1 aromatic rings. The number of amides is 1. The van der Waals surface area contributed by atoms with Crippen LogP contribution in [0.1, 0.15) is 40.2 Å². The smallest absolute Gasteiger partial charge is 0.408 e. The van der Waals surface area contributed by atoms with Gasteiger partial charge in [-0.25, -0.2) is 9.59 Å². The van der Waals surface area contributed by atoms with Gasteiger partial charge in [0.15, 0.2) is 0 Å². The number of halogens is 1. The molecule has 22 heavy (non-hydrogen) atoms. The van der Waals surface area contributed by atoms with Crippen LogP contribution in [0, 0.1) is 0 Å². The predicted octanol–water partition coefficient (Wildman–Crippen LogP) is 3.70. The van der Waals surface area contributed by atoms with Crippen molar-refractivity contribution in [2.45, 2.75) is 51.7 Å². The number of rotatable bonds is 4. The van der Waals surface area contributed by atoms with Gasteiger partial charge in [0, 0.05) is 9.89 Å². The second-order valence-electron chi connectivity index (χ2n) is 6.65. The molecule has 6 heteroatoms. The zero-order valence-electron chi connectivity index (χ0n) is 13.4. The highest BCUT2D eigenvalue weighted by Crippen LogP contribution is 2.29. The van der Waals surface area contributed by atoms with E-state index in [9.17, 15) is 14.7 Å². The molecule has 1 aromatic carbocycles. The van der Waals surface area contributed by atoms with Crippen LogP contribution in [0.5, 0.6) is 0 Å². The molecule has 1 rings (SSSR count). The van der Waals surface area contributed by atoms with Gasteiger partial charge in [-0.3, -0.25) is 0 Å². The normalized spacial score (nSPS) is 13.4. The highest BCUT2D eigenvalue weighted by molar-refractivity contribution is 9.10. The largest absolute Gasteiger partial charge is 0.480 e. The zero-order chi connectivity index (χ0) is 17.1. The van der Waals surface area contributed by atoms with Gasteiger partial charge < -0.3 is 15.2 Å². The maximum atomic E-state index is 11.9. The number of alkyl carbamates (subject to hydrolysis) is 1. The number of carbonyl (C=O) groups is 2. The van der Waals surface area contributed by atoms with Gasteiger partial charge in [0.25, 0.3) is 0 Å². The van der Waals surface area contributed by atoms with Crippen molar-refractivity contribution < 1.29 is 19.4 Å². The van der Waals surface area contributed by atoms with Crippen LogP contribution in [-0.4, -0.2) is 28.8 Å². The van der Waals surface area contributed by atoms with E-state index >= 15 is 0 Å². The molecule has 0 radical (unpaired) electrons. The van der Waals surface area contributed by atoms with E-state index in [1.54, 1.807) is 34.6 Å². The van der Waals surface area contributed by atoms with Crippen LogP contribution in [0.25, 0.3) is 0 Å². The minimum atomic E-state index is -1.11.